The highest BCUT2D eigenvalue weighted by Crippen LogP contribution is 2.30. The molecule has 1 aromatic carbocycles. The summed E-state index contributed by atoms with van der Waals surface area (Å²) in [6.45, 7) is 4.19. The molecule has 1 aromatic rings. The summed E-state index contributed by atoms with van der Waals surface area (Å²) in [4.78, 5) is 26.4. The van der Waals surface area contributed by atoms with Gasteiger partial charge in [0.2, 0.25) is 0 Å². The van der Waals surface area contributed by atoms with Crippen LogP contribution >= 0.6 is 0 Å². The molecule has 0 aliphatic carbocycles. The molecule has 2 aliphatic heterocycles. The maximum absolute atomic E-state index is 12.4. The standard InChI is InChI=1S/C19H25NO5/c1-14(19(22)20-8-4-2-3-5-9-20)25-18(21)13-15-6-7-16-17(12-15)24-11-10-23-16/h6-7,12,14H,2-5,8-11,13H2,1H3. The van der Waals surface area contributed by atoms with Gasteiger partial charge in [-0.05, 0) is 37.5 Å². The Kier molecular flexibility index (Phi) is 5.79. The first-order chi connectivity index (χ1) is 12.1. The maximum atomic E-state index is 12.4. The molecule has 0 radical (unpaired) electrons. The molecule has 6 nitrogen and oxygen atoms in total. The van der Waals surface area contributed by atoms with Gasteiger partial charge >= 0.3 is 5.97 Å². The Morgan fingerprint density at radius 3 is 2.48 bits per heavy atom. The van der Waals surface area contributed by atoms with E-state index in [9.17, 15) is 9.59 Å². The van der Waals surface area contributed by atoms with Crippen molar-refractivity contribution in [2.24, 2.45) is 0 Å². The van der Waals surface area contributed by atoms with Crippen molar-refractivity contribution < 1.29 is 23.8 Å². The molecule has 6 heteroatoms. The second-order valence-corrected chi connectivity index (χ2v) is 6.53. The van der Waals surface area contributed by atoms with Crippen LogP contribution in [0.2, 0.25) is 0 Å². The lowest BCUT2D eigenvalue weighted by molar-refractivity contribution is -0.158. The van der Waals surface area contributed by atoms with Crippen LogP contribution in [0.3, 0.4) is 0 Å². The van der Waals surface area contributed by atoms with Gasteiger partial charge in [-0.2, -0.15) is 0 Å². The van der Waals surface area contributed by atoms with Crippen molar-refractivity contribution in [1.29, 1.82) is 0 Å². The number of esters is 1. The molecule has 2 heterocycles. The molecule has 0 aromatic heterocycles. The van der Waals surface area contributed by atoms with Gasteiger partial charge in [-0.15, -0.1) is 0 Å². The van der Waals surface area contributed by atoms with Crippen molar-refractivity contribution in [2.75, 3.05) is 26.3 Å². The number of hydrogen-bond acceptors (Lipinski definition) is 5. The molecule has 0 N–H and O–H groups in total. The van der Waals surface area contributed by atoms with Crippen molar-refractivity contribution in [3.05, 3.63) is 23.8 Å². The summed E-state index contributed by atoms with van der Waals surface area (Å²) in [5.41, 5.74) is 0.781. The SMILES string of the molecule is CC(OC(=O)Cc1ccc2c(c1)OCCO2)C(=O)N1CCCCCC1. The number of rotatable bonds is 4. The van der Waals surface area contributed by atoms with E-state index in [4.69, 9.17) is 14.2 Å². The van der Waals surface area contributed by atoms with Crippen molar-refractivity contribution >= 4 is 11.9 Å². The molecule has 1 unspecified atom stereocenters. The molecule has 25 heavy (non-hydrogen) atoms. The van der Waals surface area contributed by atoms with Gasteiger partial charge < -0.3 is 19.1 Å². The molecule has 1 amide bonds. The summed E-state index contributed by atoms with van der Waals surface area (Å²) in [7, 11) is 0. The first-order valence-corrected chi connectivity index (χ1v) is 9.00. The lowest BCUT2D eigenvalue weighted by Gasteiger charge is -2.24. The van der Waals surface area contributed by atoms with Crippen LogP contribution in [0.25, 0.3) is 0 Å². The average Bonchev–Trinajstić information content (AvgIpc) is 2.90. The first-order valence-electron chi connectivity index (χ1n) is 9.00. The average molecular weight is 347 g/mol. The predicted molar refractivity (Wildman–Crippen MR) is 91.7 cm³/mol. The van der Waals surface area contributed by atoms with Crippen LogP contribution in [0.5, 0.6) is 11.5 Å². The number of likely N-dealkylation sites (tertiary alicyclic amines) is 1. The third-order valence-electron chi connectivity index (χ3n) is 4.53. The predicted octanol–water partition coefficient (Wildman–Crippen LogP) is 2.33. The second kappa shape index (κ2) is 8.23. The second-order valence-electron chi connectivity index (χ2n) is 6.53. The van der Waals surface area contributed by atoms with E-state index < -0.39 is 12.1 Å². The molecule has 0 spiro atoms. The lowest BCUT2D eigenvalue weighted by Crippen LogP contribution is -2.40. The van der Waals surface area contributed by atoms with Crippen LogP contribution in [-0.4, -0.2) is 49.2 Å². The quantitative estimate of drug-likeness (QED) is 0.782. The van der Waals surface area contributed by atoms with Gasteiger partial charge in [0.1, 0.15) is 13.2 Å². The number of carbonyl (C=O) groups is 2. The summed E-state index contributed by atoms with van der Waals surface area (Å²) in [6, 6.07) is 5.40. The Balaban J connectivity index is 1.53. The van der Waals surface area contributed by atoms with Gasteiger partial charge in [0.05, 0.1) is 6.42 Å². The largest absolute Gasteiger partial charge is 0.486 e. The van der Waals surface area contributed by atoms with Crippen LogP contribution < -0.4 is 9.47 Å². The number of fused-ring (bicyclic) bond motifs is 1. The van der Waals surface area contributed by atoms with E-state index >= 15 is 0 Å². The number of nitrogens with zero attached hydrogens (tertiary/aromatic N) is 1. The van der Waals surface area contributed by atoms with E-state index in [1.54, 1.807) is 19.1 Å². The van der Waals surface area contributed by atoms with Gasteiger partial charge in [-0.1, -0.05) is 18.9 Å². The number of amides is 1. The van der Waals surface area contributed by atoms with Gasteiger partial charge in [-0.3, -0.25) is 9.59 Å². The normalized spacial score (nSPS) is 18.2. The minimum Gasteiger partial charge on any atom is -0.486 e. The minimum absolute atomic E-state index is 0.0996. The Morgan fingerprint density at radius 2 is 1.76 bits per heavy atom. The number of benzene rings is 1. The summed E-state index contributed by atoms with van der Waals surface area (Å²) in [6.07, 6.45) is 3.70. The highest BCUT2D eigenvalue weighted by atomic mass is 16.6. The van der Waals surface area contributed by atoms with Crippen molar-refractivity contribution in [3.63, 3.8) is 0 Å². The Labute approximate surface area is 148 Å². The van der Waals surface area contributed by atoms with E-state index in [2.05, 4.69) is 0 Å². The van der Waals surface area contributed by atoms with Gasteiger partial charge in [0.15, 0.2) is 17.6 Å². The van der Waals surface area contributed by atoms with Gasteiger partial charge in [-0.25, -0.2) is 0 Å². The highest BCUT2D eigenvalue weighted by Gasteiger charge is 2.24. The third-order valence-corrected chi connectivity index (χ3v) is 4.53. The molecule has 3 rings (SSSR count). The zero-order valence-electron chi connectivity index (χ0n) is 14.7. The van der Waals surface area contributed by atoms with E-state index in [0.29, 0.717) is 24.7 Å². The number of ether oxygens (including phenoxy) is 3. The Hall–Kier alpha value is -2.24. The van der Waals surface area contributed by atoms with E-state index in [1.807, 2.05) is 11.0 Å². The van der Waals surface area contributed by atoms with Gasteiger partial charge in [0, 0.05) is 13.1 Å². The monoisotopic (exact) mass is 347 g/mol. The van der Waals surface area contributed by atoms with Gasteiger partial charge in [0.25, 0.3) is 5.91 Å². The van der Waals surface area contributed by atoms with Crippen molar-refractivity contribution in [2.45, 2.75) is 45.1 Å². The zero-order chi connectivity index (χ0) is 17.6. The molecular formula is C19H25NO5. The summed E-state index contributed by atoms with van der Waals surface area (Å²) < 4.78 is 16.3. The van der Waals surface area contributed by atoms with Crippen LogP contribution in [0.15, 0.2) is 18.2 Å². The smallest absolute Gasteiger partial charge is 0.311 e. The van der Waals surface area contributed by atoms with Crippen LogP contribution in [0.1, 0.15) is 38.2 Å². The molecular weight excluding hydrogens is 322 g/mol. The highest BCUT2D eigenvalue weighted by molar-refractivity contribution is 5.84. The Bertz CT molecular complexity index is 622. The molecule has 0 bridgehead atoms. The van der Waals surface area contributed by atoms with E-state index in [-0.39, 0.29) is 12.3 Å². The van der Waals surface area contributed by atoms with Crippen molar-refractivity contribution in [1.82, 2.24) is 4.90 Å². The fourth-order valence-corrected chi connectivity index (χ4v) is 3.20. The van der Waals surface area contributed by atoms with E-state index in [0.717, 1.165) is 44.3 Å². The molecule has 1 saturated heterocycles. The molecule has 1 atom stereocenters. The fraction of sp³-hybridized carbons (Fsp3) is 0.579. The summed E-state index contributed by atoms with van der Waals surface area (Å²) in [5, 5.41) is 0. The fourth-order valence-electron chi connectivity index (χ4n) is 3.20. The molecule has 0 saturated carbocycles. The van der Waals surface area contributed by atoms with Crippen LogP contribution in [0, 0.1) is 0 Å². The topological polar surface area (TPSA) is 65.1 Å². The van der Waals surface area contributed by atoms with E-state index in [1.165, 1.54) is 0 Å². The third kappa shape index (κ3) is 4.65. The lowest BCUT2D eigenvalue weighted by atomic mass is 10.1. The molecule has 2 aliphatic rings. The first kappa shape index (κ1) is 17.6. The van der Waals surface area contributed by atoms with Crippen LogP contribution in [-0.2, 0) is 20.7 Å². The van der Waals surface area contributed by atoms with Crippen molar-refractivity contribution in [3.8, 4) is 11.5 Å². The Morgan fingerprint density at radius 1 is 1.08 bits per heavy atom. The van der Waals surface area contributed by atoms with Crippen LogP contribution in [0.4, 0.5) is 0 Å². The molecule has 136 valence electrons. The number of carbonyl (C=O) groups excluding carboxylic acids is 2. The molecule has 1 fully saturated rings. The summed E-state index contributed by atoms with van der Waals surface area (Å²) >= 11 is 0. The minimum atomic E-state index is -0.747. The number of hydrogen-bond donors (Lipinski definition) is 0. The zero-order valence-corrected chi connectivity index (χ0v) is 14.7. The maximum Gasteiger partial charge on any atom is 0.311 e. The summed E-state index contributed by atoms with van der Waals surface area (Å²) in [5.74, 6) is 0.822.